The van der Waals surface area contributed by atoms with E-state index in [4.69, 9.17) is 32.7 Å². The van der Waals surface area contributed by atoms with Crippen molar-refractivity contribution in [3.63, 3.8) is 0 Å². The predicted molar refractivity (Wildman–Crippen MR) is 141 cm³/mol. The van der Waals surface area contributed by atoms with Crippen LogP contribution in [0.4, 0.5) is 4.39 Å². The van der Waals surface area contributed by atoms with Gasteiger partial charge >= 0.3 is 0 Å². The molecule has 2 aliphatic rings. The van der Waals surface area contributed by atoms with Gasteiger partial charge < -0.3 is 14.4 Å². The summed E-state index contributed by atoms with van der Waals surface area (Å²) >= 11 is 12.0. The van der Waals surface area contributed by atoms with E-state index in [1.54, 1.807) is 6.07 Å². The number of sulfonamides is 1. The highest BCUT2D eigenvalue weighted by Crippen LogP contribution is 2.45. The lowest BCUT2D eigenvalue weighted by atomic mass is 9.97. The second-order valence-corrected chi connectivity index (χ2v) is 12.3. The largest absolute Gasteiger partial charge is 0.493 e. The Morgan fingerprint density at radius 3 is 2.49 bits per heavy atom. The van der Waals surface area contributed by atoms with E-state index < -0.39 is 21.7 Å². The molecule has 1 amide bonds. The Bertz CT molecular complexity index is 1230. The molecule has 1 aliphatic heterocycles. The van der Waals surface area contributed by atoms with Crippen molar-refractivity contribution in [1.29, 1.82) is 0 Å². The highest BCUT2D eigenvalue weighted by Gasteiger charge is 2.30. The molecule has 1 saturated carbocycles. The van der Waals surface area contributed by atoms with Crippen LogP contribution in [0.15, 0.2) is 30.3 Å². The van der Waals surface area contributed by atoms with Gasteiger partial charge in [0.1, 0.15) is 11.6 Å². The first-order valence-electron chi connectivity index (χ1n) is 12.3. The summed E-state index contributed by atoms with van der Waals surface area (Å²) in [6.07, 6.45) is 4.64. The van der Waals surface area contributed by atoms with Crippen LogP contribution < -0.4 is 9.46 Å². The highest BCUT2D eigenvalue weighted by molar-refractivity contribution is 7.89. The van der Waals surface area contributed by atoms with Gasteiger partial charge in [0, 0.05) is 12.6 Å². The van der Waals surface area contributed by atoms with Gasteiger partial charge in [-0.15, -0.1) is 0 Å². The van der Waals surface area contributed by atoms with E-state index in [0.29, 0.717) is 41.5 Å². The smallest absolute Gasteiger partial charge is 0.267 e. The van der Waals surface area contributed by atoms with Crippen molar-refractivity contribution in [3.8, 4) is 5.75 Å². The molecular formula is C26H31Cl2FN2O5S. The topological polar surface area (TPSA) is 84.9 Å². The Hall–Kier alpha value is -1.91. The average molecular weight is 574 g/mol. The monoisotopic (exact) mass is 572 g/mol. The standard InChI is InChI=1S/C26H31Cl2FN2O5S/c1-37(33,34)30-26(32)21-13-20(19-3-4-19)25(14-24(21)29)36-16-17-6-8-31(9-7-17)10-11-35-15-18-2-5-22(27)23(28)12-18/h2,5,12-14,17,19H,3-4,6-11,15-16H2,1H3,(H,30,32). The minimum atomic E-state index is -3.79. The number of halogens is 3. The molecule has 4 rings (SSSR count). The zero-order valence-corrected chi connectivity index (χ0v) is 23.0. The zero-order chi connectivity index (χ0) is 26.6. The van der Waals surface area contributed by atoms with Gasteiger partial charge in [-0.05, 0) is 79.9 Å². The summed E-state index contributed by atoms with van der Waals surface area (Å²) in [6, 6.07) is 8.13. The second kappa shape index (κ2) is 12.3. The number of hydrogen-bond donors (Lipinski definition) is 1. The fraction of sp³-hybridized carbons (Fsp3) is 0.500. The van der Waals surface area contributed by atoms with Crippen LogP contribution in [0.2, 0.25) is 10.0 Å². The SMILES string of the molecule is CS(=O)(=O)NC(=O)c1cc(C2CC2)c(OCC2CCN(CCOCc3ccc(Cl)c(Cl)c3)CC2)cc1F. The fourth-order valence-corrected chi connectivity index (χ4v) is 5.17. The van der Waals surface area contributed by atoms with Crippen LogP contribution in [0.1, 0.15) is 53.1 Å². The maximum Gasteiger partial charge on any atom is 0.267 e. The molecule has 2 aromatic rings. The van der Waals surface area contributed by atoms with Crippen molar-refractivity contribution in [2.24, 2.45) is 5.92 Å². The second-order valence-electron chi connectivity index (χ2n) is 9.74. The van der Waals surface area contributed by atoms with E-state index in [0.717, 1.165) is 62.7 Å². The van der Waals surface area contributed by atoms with Crippen LogP contribution >= 0.6 is 23.2 Å². The molecule has 0 aromatic heterocycles. The van der Waals surface area contributed by atoms with Crippen LogP contribution in [-0.2, 0) is 21.4 Å². The molecular weight excluding hydrogens is 542 g/mol. The summed E-state index contributed by atoms with van der Waals surface area (Å²) in [5.74, 6) is -0.783. The van der Waals surface area contributed by atoms with Gasteiger partial charge in [-0.1, -0.05) is 29.3 Å². The molecule has 0 bridgehead atoms. The Morgan fingerprint density at radius 1 is 1.11 bits per heavy atom. The number of rotatable bonds is 11. The van der Waals surface area contributed by atoms with Gasteiger partial charge in [0.15, 0.2) is 0 Å². The predicted octanol–water partition coefficient (Wildman–Crippen LogP) is 5.01. The number of likely N-dealkylation sites (tertiary alicyclic amines) is 1. The van der Waals surface area contributed by atoms with E-state index in [1.807, 2.05) is 16.9 Å². The molecule has 37 heavy (non-hydrogen) atoms. The van der Waals surface area contributed by atoms with E-state index in [2.05, 4.69) is 4.90 Å². The number of ether oxygens (including phenoxy) is 2. The maximum absolute atomic E-state index is 14.7. The molecule has 0 unspecified atom stereocenters. The number of hydrogen-bond acceptors (Lipinski definition) is 6. The van der Waals surface area contributed by atoms with Crippen molar-refractivity contribution >= 4 is 39.1 Å². The molecule has 0 spiro atoms. The van der Waals surface area contributed by atoms with Gasteiger partial charge in [0.05, 0.1) is 41.7 Å². The quantitative estimate of drug-likeness (QED) is 0.381. The lowest BCUT2D eigenvalue weighted by Crippen LogP contribution is -2.37. The van der Waals surface area contributed by atoms with Gasteiger partial charge in [0.2, 0.25) is 10.0 Å². The Kier molecular flexibility index (Phi) is 9.34. The Labute approximate surface area is 227 Å². The molecule has 0 atom stereocenters. The van der Waals surface area contributed by atoms with Crippen LogP contribution in [0.5, 0.6) is 5.75 Å². The third kappa shape index (κ3) is 8.29. The lowest BCUT2D eigenvalue weighted by molar-refractivity contribution is 0.0731. The molecule has 2 fully saturated rings. The first kappa shape index (κ1) is 28.1. The van der Waals surface area contributed by atoms with Crippen LogP contribution in [0.3, 0.4) is 0 Å². The molecule has 1 aliphatic carbocycles. The fourth-order valence-electron chi connectivity index (χ4n) is 4.40. The normalized spacial score (nSPS) is 17.1. The molecule has 11 heteroatoms. The molecule has 1 N–H and O–H groups in total. The van der Waals surface area contributed by atoms with Crippen molar-refractivity contribution in [1.82, 2.24) is 9.62 Å². The van der Waals surface area contributed by atoms with Crippen LogP contribution in [-0.4, -0.2) is 58.3 Å². The van der Waals surface area contributed by atoms with E-state index in [-0.39, 0.29) is 11.5 Å². The average Bonchev–Trinajstić information content (AvgIpc) is 3.68. The summed E-state index contributed by atoms with van der Waals surface area (Å²) in [5, 5.41) is 1.05. The third-order valence-corrected chi connectivity index (χ3v) is 7.92. The molecule has 2 aromatic carbocycles. The third-order valence-electron chi connectivity index (χ3n) is 6.63. The minimum Gasteiger partial charge on any atom is -0.493 e. The number of nitrogens with zero attached hydrogens (tertiary/aromatic N) is 1. The summed E-state index contributed by atoms with van der Waals surface area (Å²) in [4.78, 5) is 14.6. The van der Waals surface area contributed by atoms with Gasteiger partial charge in [-0.2, -0.15) is 0 Å². The van der Waals surface area contributed by atoms with Crippen molar-refractivity contribution in [3.05, 3.63) is 62.9 Å². The van der Waals surface area contributed by atoms with E-state index in [9.17, 15) is 17.6 Å². The number of carbonyl (C=O) groups is 1. The zero-order valence-electron chi connectivity index (χ0n) is 20.6. The Morgan fingerprint density at radius 2 is 1.84 bits per heavy atom. The first-order chi connectivity index (χ1) is 17.6. The van der Waals surface area contributed by atoms with E-state index >= 15 is 0 Å². The summed E-state index contributed by atoms with van der Waals surface area (Å²) in [7, 11) is -3.79. The molecule has 7 nitrogen and oxygen atoms in total. The van der Waals surface area contributed by atoms with Crippen LogP contribution in [0.25, 0.3) is 0 Å². The molecule has 0 radical (unpaired) electrons. The summed E-state index contributed by atoms with van der Waals surface area (Å²) < 4.78 is 51.1. The highest BCUT2D eigenvalue weighted by atomic mass is 35.5. The van der Waals surface area contributed by atoms with Crippen molar-refractivity contribution in [2.45, 2.75) is 38.2 Å². The number of benzene rings is 2. The first-order valence-corrected chi connectivity index (χ1v) is 15.0. The van der Waals surface area contributed by atoms with E-state index in [1.165, 1.54) is 12.1 Å². The van der Waals surface area contributed by atoms with Crippen LogP contribution in [0, 0.1) is 11.7 Å². The van der Waals surface area contributed by atoms with Gasteiger partial charge in [-0.3, -0.25) is 4.79 Å². The van der Waals surface area contributed by atoms with Gasteiger partial charge in [-0.25, -0.2) is 17.5 Å². The maximum atomic E-state index is 14.7. The van der Waals surface area contributed by atoms with Crippen molar-refractivity contribution in [2.75, 3.05) is 39.1 Å². The summed E-state index contributed by atoms with van der Waals surface area (Å²) in [6.45, 7) is 4.26. The van der Waals surface area contributed by atoms with Crippen molar-refractivity contribution < 1.29 is 27.1 Å². The Balaban J connectivity index is 1.23. The number of carbonyl (C=O) groups excluding carboxylic acids is 1. The van der Waals surface area contributed by atoms with Gasteiger partial charge in [0.25, 0.3) is 5.91 Å². The number of amides is 1. The number of nitrogens with one attached hydrogen (secondary N) is 1. The lowest BCUT2D eigenvalue weighted by Gasteiger charge is -2.31. The summed E-state index contributed by atoms with van der Waals surface area (Å²) in [5.41, 5.74) is 1.46. The molecule has 202 valence electrons. The molecule has 1 heterocycles. The minimum absolute atomic E-state index is 0.200. The number of piperidine rings is 1. The molecule has 1 saturated heterocycles.